The van der Waals surface area contributed by atoms with E-state index in [2.05, 4.69) is 10.4 Å². The molecule has 0 spiro atoms. The maximum absolute atomic E-state index is 14.0. The molecule has 2 aromatic carbocycles. The second-order valence-electron chi connectivity index (χ2n) is 6.28. The summed E-state index contributed by atoms with van der Waals surface area (Å²) >= 11 is 6.17. The van der Waals surface area contributed by atoms with Crippen LogP contribution in [-0.2, 0) is 6.42 Å². The van der Waals surface area contributed by atoms with E-state index in [4.69, 9.17) is 11.6 Å². The molecular weight excluding hydrogens is 376 g/mol. The van der Waals surface area contributed by atoms with Crippen molar-refractivity contribution < 1.29 is 13.9 Å². The maximum Gasteiger partial charge on any atom is 0.292 e. The minimum absolute atomic E-state index is 0.203. The standard InChI is InChI=1S/C19H14ClF2N3O2/c20-17-14(24-18-12-4-2-1-3-10(12)7-16(18)26)9-23-25(19(17)27)15-6-5-11(21)8-13(15)22/h1-6,8-9,16,18,24,26H,7H2/t16-,18+/m1/s1. The number of fused-ring (bicyclic) bond motifs is 1. The Hall–Kier alpha value is -2.77. The number of aliphatic hydroxyl groups excluding tert-OH is 1. The van der Waals surface area contributed by atoms with Crippen molar-refractivity contribution in [2.45, 2.75) is 18.6 Å². The SMILES string of the molecule is O=c1c(Cl)c(N[C@H]2c3ccccc3C[C@H]2O)cnn1-c1ccc(F)cc1F. The van der Waals surface area contributed by atoms with Crippen molar-refractivity contribution in [1.29, 1.82) is 0 Å². The van der Waals surface area contributed by atoms with Crippen LogP contribution in [-0.4, -0.2) is 21.0 Å². The zero-order valence-corrected chi connectivity index (χ0v) is 14.6. The van der Waals surface area contributed by atoms with Crippen LogP contribution in [0, 0.1) is 11.6 Å². The van der Waals surface area contributed by atoms with Crippen molar-refractivity contribution in [3.63, 3.8) is 0 Å². The van der Waals surface area contributed by atoms with Gasteiger partial charge in [0, 0.05) is 12.5 Å². The molecule has 1 heterocycles. The fourth-order valence-corrected chi connectivity index (χ4v) is 3.46. The van der Waals surface area contributed by atoms with E-state index in [1.165, 1.54) is 6.20 Å². The van der Waals surface area contributed by atoms with E-state index in [1.54, 1.807) is 0 Å². The molecule has 0 fully saturated rings. The van der Waals surface area contributed by atoms with Crippen LogP contribution in [0.3, 0.4) is 0 Å². The van der Waals surface area contributed by atoms with Gasteiger partial charge in [-0.15, -0.1) is 0 Å². The minimum Gasteiger partial charge on any atom is -0.390 e. The number of rotatable bonds is 3. The second kappa shape index (κ2) is 6.75. The summed E-state index contributed by atoms with van der Waals surface area (Å²) in [5, 5.41) is 17.1. The van der Waals surface area contributed by atoms with Crippen LogP contribution in [0.25, 0.3) is 5.69 Å². The highest BCUT2D eigenvalue weighted by Crippen LogP contribution is 2.35. The highest BCUT2D eigenvalue weighted by molar-refractivity contribution is 6.33. The quantitative estimate of drug-likeness (QED) is 0.721. The van der Waals surface area contributed by atoms with E-state index in [0.29, 0.717) is 12.5 Å². The van der Waals surface area contributed by atoms with Gasteiger partial charge in [0.15, 0.2) is 5.82 Å². The van der Waals surface area contributed by atoms with Crippen LogP contribution in [0.4, 0.5) is 14.5 Å². The number of aliphatic hydroxyl groups is 1. The number of benzene rings is 2. The molecule has 0 amide bonds. The lowest BCUT2D eigenvalue weighted by Crippen LogP contribution is -2.26. The zero-order valence-electron chi connectivity index (χ0n) is 13.9. The molecule has 1 aromatic heterocycles. The molecule has 0 unspecified atom stereocenters. The molecule has 4 rings (SSSR count). The second-order valence-corrected chi connectivity index (χ2v) is 6.66. The van der Waals surface area contributed by atoms with Gasteiger partial charge in [-0.1, -0.05) is 35.9 Å². The van der Waals surface area contributed by atoms with Gasteiger partial charge < -0.3 is 10.4 Å². The Morgan fingerprint density at radius 3 is 2.78 bits per heavy atom. The number of hydrogen-bond donors (Lipinski definition) is 2. The number of aromatic nitrogens is 2. The zero-order chi connectivity index (χ0) is 19.1. The van der Waals surface area contributed by atoms with Crippen LogP contribution in [0.15, 0.2) is 53.5 Å². The largest absolute Gasteiger partial charge is 0.390 e. The van der Waals surface area contributed by atoms with E-state index in [1.807, 2.05) is 24.3 Å². The van der Waals surface area contributed by atoms with Gasteiger partial charge in [-0.25, -0.2) is 8.78 Å². The average Bonchev–Trinajstić information content (AvgIpc) is 2.95. The summed E-state index contributed by atoms with van der Waals surface area (Å²) < 4.78 is 27.8. The van der Waals surface area contributed by atoms with E-state index in [9.17, 15) is 18.7 Å². The normalized spacial score (nSPS) is 18.4. The van der Waals surface area contributed by atoms with Crippen molar-refractivity contribution in [3.05, 3.63) is 86.8 Å². The summed E-state index contributed by atoms with van der Waals surface area (Å²) in [5.41, 5.74) is 1.18. The molecule has 0 saturated carbocycles. The molecule has 0 aliphatic heterocycles. The van der Waals surface area contributed by atoms with Crippen molar-refractivity contribution in [2.75, 3.05) is 5.32 Å². The van der Waals surface area contributed by atoms with Crippen LogP contribution >= 0.6 is 11.6 Å². The van der Waals surface area contributed by atoms with Gasteiger partial charge >= 0.3 is 0 Å². The number of nitrogens with one attached hydrogen (secondary N) is 1. The number of nitrogens with zero attached hydrogens (tertiary/aromatic N) is 2. The third kappa shape index (κ3) is 3.09. The molecule has 2 atom stereocenters. The summed E-state index contributed by atoms with van der Waals surface area (Å²) in [6.07, 6.45) is 1.08. The van der Waals surface area contributed by atoms with Gasteiger partial charge in [0.05, 0.1) is 24.0 Å². The van der Waals surface area contributed by atoms with E-state index in [0.717, 1.165) is 27.9 Å². The summed E-state index contributed by atoms with van der Waals surface area (Å²) in [4.78, 5) is 12.5. The minimum atomic E-state index is -0.929. The summed E-state index contributed by atoms with van der Waals surface area (Å²) in [7, 11) is 0. The lowest BCUT2D eigenvalue weighted by Gasteiger charge is -2.20. The molecule has 0 radical (unpaired) electrons. The number of hydrogen-bond acceptors (Lipinski definition) is 4. The Morgan fingerprint density at radius 1 is 1.22 bits per heavy atom. The molecule has 0 saturated heterocycles. The summed E-state index contributed by atoms with van der Waals surface area (Å²) in [5.74, 6) is -1.69. The van der Waals surface area contributed by atoms with Gasteiger partial charge in [0.1, 0.15) is 16.5 Å². The van der Waals surface area contributed by atoms with Crippen molar-refractivity contribution >= 4 is 17.3 Å². The monoisotopic (exact) mass is 389 g/mol. The van der Waals surface area contributed by atoms with Crippen molar-refractivity contribution in [1.82, 2.24) is 9.78 Å². The summed E-state index contributed by atoms with van der Waals surface area (Å²) in [6.45, 7) is 0. The Kier molecular flexibility index (Phi) is 4.41. The fraction of sp³-hybridized carbons (Fsp3) is 0.158. The Balaban J connectivity index is 1.70. The van der Waals surface area contributed by atoms with Gasteiger partial charge in [-0.2, -0.15) is 9.78 Å². The Labute approximate surface area is 157 Å². The summed E-state index contributed by atoms with van der Waals surface area (Å²) in [6, 6.07) is 9.92. The molecule has 27 heavy (non-hydrogen) atoms. The van der Waals surface area contributed by atoms with Crippen molar-refractivity contribution in [3.8, 4) is 5.69 Å². The van der Waals surface area contributed by atoms with Crippen molar-refractivity contribution in [2.24, 2.45) is 0 Å². The topological polar surface area (TPSA) is 67.2 Å². The molecule has 138 valence electrons. The average molecular weight is 390 g/mol. The van der Waals surface area contributed by atoms with Gasteiger partial charge in [0.25, 0.3) is 5.56 Å². The lowest BCUT2D eigenvalue weighted by molar-refractivity contribution is 0.166. The highest BCUT2D eigenvalue weighted by atomic mass is 35.5. The van der Waals surface area contributed by atoms with E-state index >= 15 is 0 Å². The molecule has 8 heteroatoms. The predicted octanol–water partition coefficient (Wildman–Crippen LogP) is 3.23. The first kappa shape index (κ1) is 17.6. The highest BCUT2D eigenvalue weighted by Gasteiger charge is 2.31. The third-order valence-corrected chi connectivity index (χ3v) is 4.94. The van der Waals surface area contributed by atoms with Crippen LogP contribution in [0.5, 0.6) is 0 Å². The molecule has 0 bridgehead atoms. The van der Waals surface area contributed by atoms with Gasteiger partial charge in [-0.05, 0) is 23.3 Å². The van der Waals surface area contributed by atoms with Gasteiger partial charge in [0.2, 0.25) is 0 Å². The number of anilines is 1. The molecule has 2 N–H and O–H groups in total. The van der Waals surface area contributed by atoms with Crippen LogP contribution in [0.2, 0.25) is 5.02 Å². The fourth-order valence-electron chi connectivity index (χ4n) is 3.27. The first-order valence-corrected chi connectivity index (χ1v) is 8.59. The predicted molar refractivity (Wildman–Crippen MR) is 97.3 cm³/mol. The van der Waals surface area contributed by atoms with Crippen LogP contribution < -0.4 is 10.9 Å². The first-order chi connectivity index (χ1) is 13.0. The van der Waals surface area contributed by atoms with Crippen LogP contribution in [0.1, 0.15) is 17.2 Å². The lowest BCUT2D eigenvalue weighted by atomic mass is 10.1. The first-order valence-electron chi connectivity index (χ1n) is 8.21. The Morgan fingerprint density at radius 2 is 2.00 bits per heavy atom. The third-order valence-electron chi connectivity index (χ3n) is 4.57. The molecule has 1 aliphatic carbocycles. The molecule has 1 aliphatic rings. The number of halogens is 3. The maximum atomic E-state index is 14.0. The van der Waals surface area contributed by atoms with E-state index < -0.39 is 29.3 Å². The Bertz CT molecular complexity index is 1090. The molecular formula is C19H14ClF2N3O2. The van der Waals surface area contributed by atoms with E-state index in [-0.39, 0.29) is 16.4 Å². The molecule has 5 nitrogen and oxygen atoms in total. The smallest absolute Gasteiger partial charge is 0.292 e. The van der Waals surface area contributed by atoms with Gasteiger partial charge in [-0.3, -0.25) is 4.79 Å². The molecule has 3 aromatic rings.